The maximum atomic E-state index is 12.5. The van der Waals surface area contributed by atoms with Gasteiger partial charge in [-0.2, -0.15) is 0 Å². The van der Waals surface area contributed by atoms with Gasteiger partial charge in [0.25, 0.3) is 5.91 Å². The van der Waals surface area contributed by atoms with Crippen molar-refractivity contribution >= 4 is 21.4 Å². The number of nitrogens with one attached hydrogen (secondary N) is 1. The van der Waals surface area contributed by atoms with E-state index in [2.05, 4.69) is 10.3 Å². The number of rotatable bonds is 5. The number of hydrogen-bond donors (Lipinski definition) is 1. The van der Waals surface area contributed by atoms with Crippen molar-refractivity contribution in [1.82, 2.24) is 14.7 Å². The lowest BCUT2D eigenvalue weighted by molar-refractivity contribution is 0.0950. The summed E-state index contributed by atoms with van der Waals surface area (Å²) < 4.78 is 32.0. The number of imidazole rings is 1. The minimum Gasteiger partial charge on any atom is -0.380 e. The predicted molar refractivity (Wildman–Crippen MR) is 99.2 cm³/mol. The summed E-state index contributed by atoms with van der Waals surface area (Å²) in [4.78, 5) is 16.8. The first-order valence-electron chi connectivity index (χ1n) is 8.65. The highest BCUT2D eigenvalue weighted by Gasteiger charge is 2.30. The molecule has 1 aliphatic rings. The molecule has 0 bridgehead atoms. The topological polar surface area (TPSA) is 89.8 Å². The molecule has 3 aromatic rings. The van der Waals surface area contributed by atoms with Crippen molar-refractivity contribution in [2.75, 3.05) is 13.2 Å². The molecular formula is C19H19N3O4S. The van der Waals surface area contributed by atoms with Crippen LogP contribution in [-0.4, -0.2) is 42.2 Å². The maximum absolute atomic E-state index is 12.5. The predicted octanol–water partition coefficient (Wildman–Crippen LogP) is 1.83. The quantitative estimate of drug-likeness (QED) is 0.724. The number of carbonyl (C=O) groups is 1. The van der Waals surface area contributed by atoms with E-state index >= 15 is 0 Å². The molecule has 8 heteroatoms. The van der Waals surface area contributed by atoms with Crippen molar-refractivity contribution in [2.45, 2.75) is 23.1 Å². The van der Waals surface area contributed by atoms with Crippen molar-refractivity contribution in [3.63, 3.8) is 0 Å². The van der Waals surface area contributed by atoms with Crippen LogP contribution in [0.1, 0.15) is 22.3 Å². The number of hydrogen-bond acceptors (Lipinski definition) is 5. The number of ether oxygens (including phenoxy) is 1. The molecule has 0 radical (unpaired) electrons. The number of fused-ring (bicyclic) bond motifs is 1. The summed E-state index contributed by atoms with van der Waals surface area (Å²) in [5.41, 5.74) is 2.13. The van der Waals surface area contributed by atoms with Crippen molar-refractivity contribution in [2.24, 2.45) is 0 Å². The molecule has 7 nitrogen and oxygen atoms in total. The van der Waals surface area contributed by atoms with Crippen molar-refractivity contribution in [3.05, 3.63) is 66.1 Å². The van der Waals surface area contributed by atoms with Gasteiger partial charge in [0.15, 0.2) is 9.84 Å². The summed E-state index contributed by atoms with van der Waals surface area (Å²) in [7, 11) is -3.37. The van der Waals surface area contributed by atoms with Gasteiger partial charge < -0.3 is 14.5 Å². The van der Waals surface area contributed by atoms with E-state index in [0.29, 0.717) is 30.0 Å². The Morgan fingerprint density at radius 2 is 2.04 bits per heavy atom. The molecule has 1 fully saturated rings. The number of pyridine rings is 1. The lowest BCUT2D eigenvalue weighted by atomic mass is 10.2. The number of benzene rings is 1. The van der Waals surface area contributed by atoms with Gasteiger partial charge in [-0.1, -0.05) is 12.1 Å². The van der Waals surface area contributed by atoms with Crippen LogP contribution in [0.4, 0.5) is 0 Å². The lowest BCUT2D eigenvalue weighted by Gasteiger charge is -2.11. The Bertz CT molecular complexity index is 1070. The van der Waals surface area contributed by atoms with Crippen molar-refractivity contribution in [1.29, 1.82) is 0 Å². The molecule has 140 valence electrons. The minimum absolute atomic E-state index is 0.203. The fourth-order valence-electron chi connectivity index (χ4n) is 3.09. The third-order valence-electron chi connectivity index (χ3n) is 4.68. The summed E-state index contributed by atoms with van der Waals surface area (Å²) in [6.45, 7) is 1.05. The molecule has 2 aromatic heterocycles. The number of nitrogens with zero attached hydrogens (tertiary/aromatic N) is 2. The average Bonchev–Trinajstić information content (AvgIpc) is 3.37. The van der Waals surface area contributed by atoms with Crippen LogP contribution in [0.3, 0.4) is 0 Å². The van der Waals surface area contributed by atoms with E-state index in [-0.39, 0.29) is 12.5 Å². The lowest BCUT2D eigenvalue weighted by Crippen LogP contribution is -2.23. The van der Waals surface area contributed by atoms with Crippen LogP contribution in [0, 0.1) is 0 Å². The first kappa shape index (κ1) is 17.7. The van der Waals surface area contributed by atoms with Gasteiger partial charge in [-0.25, -0.2) is 13.4 Å². The number of aromatic nitrogens is 2. The summed E-state index contributed by atoms with van der Waals surface area (Å²) >= 11 is 0. The van der Waals surface area contributed by atoms with Crippen LogP contribution in [0.25, 0.3) is 5.65 Å². The fraction of sp³-hybridized carbons (Fsp3) is 0.263. The fourth-order valence-corrected chi connectivity index (χ4v) is 4.67. The summed E-state index contributed by atoms with van der Waals surface area (Å²) in [5.74, 6) is -0.203. The highest BCUT2D eigenvalue weighted by atomic mass is 32.2. The summed E-state index contributed by atoms with van der Waals surface area (Å²) in [6.07, 6.45) is 5.70. The Balaban J connectivity index is 1.41. The third kappa shape index (κ3) is 3.58. The van der Waals surface area contributed by atoms with Crippen LogP contribution in [0.15, 0.2) is 59.9 Å². The van der Waals surface area contributed by atoms with Crippen molar-refractivity contribution < 1.29 is 17.9 Å². The zero-order valence-corrected chi connectivity index (χ0v) is 15.4. The molecule has 1 atom stereocenters. The molecule has 0 unspecified atom stereocenters. The zero-order valence-electron chi connectivity index (χ0n) is 14.5. The molecule has 0 spiro atoms. The molecule has 27 heavy (non-hydrogen) atoms. The number of amides is 1. The molecule has 1 amide bonds. The first-order valence-corrected chi connectivity index (χ1v) is 10.2. The van der Waals surface area contributed by atoms with E-state index < -0.39 is 15.1 Å². The van der Waals surface area contributed by atoms with Gasteiger partial charge in [0, 0.05) is 31.7 Å². The molecule has 1 saturated heterocycles. The second kappa shape index (κ2) is 7.13. The normalized spacial score (nSPS) is 17.3. The number of carbonyl (C=O) groups excluding carboxylic acids is 1. The van der Waals surface area contributed by atoms with Crippen LogP contribution in [0.2, 0.25) is 0 Å². The van der Waals surface area contributed by atoms with Crippen LogP contribution in [0.5, 0.6) is 0 Å². The van der Waals surface area contributed by atoms with E-state index in [1.54, 1.807) is 59.4 Å². The molecule has 0 aliphatic carbocycles. The highest BCUT2D eigenvalue weighted by Crippen LogP contribution is 2.22. The van der Waals surface area contributed by atoms with E-state index in [4.69, 9.17) is 4.74 Å². The number of sulfone groups is 1. The molecule has 1 N–H and O–H groups in total. The largest absolute Gasteiger partial charge is 0.380 e. The SMILES string of the molecule is O=C(NCc1ccc(S(=O)(=O)[C@H]2CCOC2)cc1)c1ccc2nccn2c1. The highest BCUT2D eigenvalue weighted by molar-refractivity contribution is 7.92. The van der Waals surface area contributed by atoms with Gasteiger partial charge in [-0.15, -0.1) is 0 Å². The Kier molecular flexibility index (Phi) is 4.67. The van der Waals surface area contributed by atoms with Crippen LogP contribution >= 0.6 is 0 Å². The second-order valence-corrected chi connectivity index (χ2v) is 8.70. The summed E-state index contributed by atoms with van der Waals surface area (Å²) in [5, 5.41) is 2.37. The van der Waals surface area contributed by atoms with Gasteiger partial charge in [-0.3, -0.25) is 4.79 Å². The van der Waals surface area contributed by atoms with Crippen molar-refractivity contribution in [3.8, 4) is 0 Å². The second-order valence-electron chi connectivity index (χ2n) is 6.47. The van der Waals surface area contributed by atoms with Gasteiger partial charge in [0.1, 0.15) is 5.65 Å². The average molecular weight is 385 g/mol. The van der Waals surface area contributed by atoms with E-state index in [9.17, 15) is 13.2 Å². The van der Waals surface area contributed by atoms with Gasteiger partial charge in [0.05, 0.1) is 22.3 Å². The van der Waals surface area contributed by atoms with Gasteiger partial charge >= 0.3 is 0 Å². The van der Waals surface area contributed by atoms with Crippen LogP contribution in [-0.2, 0) is 21.1 Å². The molecule has 3 heterocycles. The Labute approximate surface area is 156 Å². The zero-order chi connectivity index (χ0) is 18.9. The Morgan fingerprint density at radius 3 is 2.78 bits per heavy atom. The first-order chi connectivity index (χ1) is 13.0. The third-order valence-corrected chi connectivity index (χ3v) is 6.86. The molecule has 1 aromatic carbocycles. The maximum Gasteiger partial charge on any atom is 0.253 e. The minimum atomic E-state index is -3.37. The smallest absolute Gasteiger partial charge is 0.253 e. The standard InChI is InChI=1S/C19H19N3O4S/c23-19(15-3-6-18-20-8-9-22(18)12-15)21-11-14-1-4-16(5-2-14)27(24,25)17-7-10-26-13-17/h1-6,8-9,12,17H,7,10-11,13H2,(H,21,23)/t17-/m0/s1. The van der Waals surface area contributed by atoms with Gasteiger partial charge in [-0.05, 0) is 36.2 Å². The molecular weight excluding hydrogens is 366 g/mol. The monoisotopic (exact) mass is 385 g/mol. The van der Waals surface area contributed by atoms with E-state index in [1.165, 1.54) is 0 Å². The Morgan fingerprint density at radius 1 is 1.22 bits per heavy atom. The van der Waals surface area contributed by atoms with E-state index in [0.717, 1.165) is 11.2 Å². The van der Waals surface area contributed by atoms with Gasteiger partial charge in [0.2, 0.25) is 0 Å². The molecule has 1 aliphatic heterocycles. The van der Waals surface area contributed by atoms with E-state index in [1.807, 2.05) is 0 Å². The molecule has 0 saturated carbocycles. The summed E-state index contributed by atoms with van der Waals surface area (Å²) in [6, 6.07) is 10.1. The Hall–Kier alpha value is -2.71. The van der Waals surface area contributed by atoms with Crippen LogP contribution < -0.4 is 5.32 Å². The molecule has 4 rings (SSSR count).